The van der Waals surface area contributed by atoms with E-state index in [0.717, 1.165) is 27.9 Å². The van der Waals surface area contributed by atoms with Gasteiger partial charge in [0, 0.05) is 36.2 Å². The van der Waals surface area contributed by atoms with Gasteiger partial charge in [-0.05, 0) is 37.3 Å². The Kier molecular flexibility index (Phi) is 6.45. The summed E-state index contributed by atoms with van der Waals surface area (Å²) in [7, 11) is 3.24. The Labute approximate surface area is 164 Å². The molecule has 1 N–H and O–H groups in total. The lowest BCUT2D eigenvalue weighted by Crippen LogP contribution is -2.26. The summed E-state index contributed by atoms with van der Waals surface area (Å²) in [5, 5.41) is 3.63. The number of rotatable bonds is 8. The van der Waals surface area contributed by atoms with Crippen LogP contribution in [0.3, 0.4) is 0 Å². The van der Waals surface area contributed by atoms with Gasteiger partial charge in [-0.3, -0.25) is 4.79 Å². The molecule has 1 heterocycles. The molecule has 0 aliphatic carbocycles. The summed E-state index contributed by atoms with van der Waals surface area (Å²) in [6.45, 7) is 3.37. The van der Waals surface area contributed by atoms with Gasteiger partial charge in [0.25, 0.3) is 5.91 Å². The number of nitrogens with zero attached hydrogens (tertiary/aromatic N) is 1. The van der Waals surface area contributed by atoms with Crippen molar-refractivity contribution in [1.82, 2.24) is 10.3 Å². The van der Waals surface area contributed by atoms with Crippen molar-refractivity contribution in [3.63, 3.8) is 0 Å². The van der Waals surface area contributed by atoms with Crippen LogP contribution in [-0.2, 0) is 4.74 Å². The van der Waals surface area contributed by atoms with Crippen LogP contribution < -0.4 is 14.8 Å². The molecule has 2 aromatic carbocycles. The number of carbonyl (C=O) groups excluding carboxylic acids is 1. The minimum Gasteiger partial charge on any atom is -0.497 e. The molecule has 6 nitrogen and oxygen atoms in total. The number of methoxy groups -OCH3 is 2. The molecule has 0 spiro atoms. The Morgan fingerprint density at radius 1 is 1.11 bits per heavy atom. The fourth-order valence-electron chi connectivity index (χ4n) is 2.91. The Morgan fingerprint density at radius 2 is 1.96 bits per heavy atom. The van der Waals surface area contributed by atoms with Crippen molar-refractivity contribution >= 4 is 16.8 Å². The van der Waals surface area contributed by atoms with E-state index in [1.165, 1.54) is 0 Å². The third kappa shape index (κ3) is 4.40. The molecule has 0 fully saturated rings. The van der Waals surface area contributed by atoms with Gasteiger partial charge >= 0.3 is 0 Å². The van der Waals surface area contributed by atoms with Gasteiger partial charge < -0.3 is 19.5 Å². The highest BCUT2D eigenvalue weighted by Gasteiger charge is 2.13. The summed E-state index contributed by atoms with van der Waals surface area (Å²) in [6, 6.07) is 15.0. The van der Waals surface area contributed by atoms with Gasteiger partial charge in [-0.1, -0.05) is 12.1 Å². The summed E-state index contributed by atoms with van der Waals surface area (Å²) in [5.74, 6) is 1.30. The van der Waals surface area contributed by atoms with Gasteiger partial charge in [-0.2, -0.15) is 0 Å². The van der Waals surface area contributed by atoms with E-state index in [2.05, 4.69) is 5.32 Å². The van der Waals surface area contributed by atoms with Gasteiger partial charge in [0.05, 0.1) is 31.5 Å². The maximum Gasteiger partial charge on any atom is 0.251 e. The first kappa shape index (κ1) is 19.6. The van der Waals surface area contributed by atoms with Crippen LogP contribution in [-0.4, -0.2) is 44.9 Å². The van der Waals surface area contributed by atoms with E-state index in [0.29, 0.717) is 31.1 Å². The lowest BCUT2D eigenvalue weighted by atomic mass is 10.1. The van der Waals surface area contributed by atoms with Crippen LogP contribution in [0, 0.1) is 0 Å². The second-order valence-electron chi connectivity index (χ2n) is 6.15. The van der Waals surface area contributed by atoms with Crippen molar-refractivity contribution in [3.8, 4) is 22.8 Å². The minimum absolute atomic E-state index is 0.154. The van der Waals surface area contributed by atoms with E-state index in [9.17, 15) is 4.79 Å². The Morgan fingerprint density at radius 3 is 2.71 bits per heavy atom. The topological polar surface area (TPSA) is 69.7 Å². The molecule has 6 heteroatoms. The highest BCUT2D eigenvalue weighted by molar-refractivity contribution is 5.99. The predicted molar refractivity (Wildman–Crippen MR) is 109 cm³/mol. The van der Waals surface area contributed by atoms with Gasteiger partial charge in [-0.15, -0.1) is 0 Å². The van der Waals surface area contributed by atoms with Crippen LogP contribution in [0.15, 0.2) is 48.5 Å². The predicted octanol–water partition coefficient (Wildman–Crippen LogP) is 3.69. The molecule has 146 valence electrons. The molecule has 0 saturated heterocycles. The molecule has 1 amide bonds. The fraction of sp³-hybridized carbons (Fsp3) is 0.273. The number of benzene rings is 2. The molecule has 0 aliphatic rings. The lowest BCUT2D eigenvalue weighted by molar-refractivity contribution is 0.0937. The monoisotopic (exact) mass is 380 g/mol. The molecule has 0 saturated carbocycles. The Balaban J connectivity index is 2.01. The van der Waals surface area contributed by atoms with Crippen LogP contribution in [0.25, 0.3) is 22.2 Å². The highest BCUT2D eigenvalue weighted by atomic mass is 16.5. The number of carbonyl (C=O) groups is 1. The van der Waals surface area contributed by atoms with Crippen molar-refractivity contribution in [2.24, 2.45) is 0 Å². The molecule has 3 aromatic rings. The summed E-state index contributed by atoms with van der Waals surface area (Å²) in [5.41, 5.74) is 3.04. The lowest BCUT2D eigenvalue weighted by Gasteiger charge is -2.12. The van der Waals surface area contributed by atoms with E-state index in [-0.39, 0.29) is 5.91 Å². The third-order valence-corrected chi connectivity index (χ3v) is 4.29. The first-order valence-corrected chi connectivity index (χ1v) is 9.15. The van der Waals surface area contributed by atoms with Gasteiger partial charge in [-0.25, -0.2) is 4.98 Å². The smallest absolute Gasteiger partial charge is 0.251 e. The zero-order valence-electron chi connectivity index (χ0n) is 16.3. The fourth-order valence-corrected chi connectivity index (χ4v) is 2.91. The van der Waals surface area contributed by atoms with Crippen molar-refractivity contribution in [3.05, 3.63) is 54.1 Å². The maximum absolute atomic E-state index is 12.3. The zero-order valence-corrected chi connectivity index (χ0v) is 16.3. The SMILES string of the molecule is CCOc1cc(-c2cccc(OC)c2)nc2ccc(C(=O)NCCOC)cc12. The minimum atomic E-state index is -0.154. The quantitative estimate of drug-likeness (QED) is 0.604. The molecular formula is C22H24N2O4. The summed E-state index contributed by atoms with van der Waals surface area (Å²) >= 11 is 0. The normalized spacial score (nSPS) is 10.7. The Hall–Kier alpha value is -3.12. The number of aromatic nitrogens is 1. The summed E-state index contributed by atoms with van der Waals surface area (Å²) in [6.07, 6.45) is 0. The molecular weight excluding hydrogens is 356 g/mol. The molecule has 1 aromatic heterocycles. The van der Waals surface area contributed by atoms with E-state index in [4.69, 9.17) is 19.2 Å². The average molecular weight is 380 g/mol. The largest absolute Gasteiger partial charge is 0.497 e. The van der Waals surface area contributed by atoms with Crippen molar-refractivity contribution < 1.29 is 19.0 Å². The van der Waals surface area contributed by atoms with Crippen LogP contribution >= 0.6 is 0 Å². The number of amides is 1. The molecule has 0 aliphatic heterocycles. The summed E-state index contributed by atoms with van der Waals surface area (Å²) in [4.78, 5) is 17.1. The van der Waals surface area contributed by atoms with Crippen molar-refractivity contribution in [1.29, 1.82) is 0 Å². The molecule has 0 unspecified atom stereocenters. The molecule has 28 heavy (non-hydrogen) atoms. The van der Waals surface area contributed by atoms with E-state index in [1.807, 2.05) is 49.4 Å². The number of nitrogens with one attached hydrogen (secondary N) is 1. The Bertz CT molecular complexity index is 972. The number of ether oxygens (including phenoxy) is 3. The number of fused-ring (bicyclic) bond motifs is 1. The van der Waals surface area contributed by atoms with E-state index in [1.54, 1.807) is 20.3 Å². The maximum atomic E-state index is 12.3. The van der Waals surface area contributed by atoms with Crippen molar-refractivity contribution in [2.45, 2.75) is 6.92 Å². The average Bonchev–Trinajstić information content (AvgIpc) is 2.73. The van der Waals surface area contributed by atoms with Crippen LogP contribution in [0.5, 0.6) is 11.5 Å². The number of hydrogen-bond donors (Lipinski definition) is 1. The van der Waals surface area contributed by atoms with Gasteiger partial charge in [0.2, 0.25) is 0 Å². The third-order valence-electron chi connectivity index (χ3n) is 4.29. The highest BCUT2D eigenvalue weighted by Crippen LogP contribution is 2.32. The number of hydrogen-bond acceptors (Lipinski definition) is 5. The standard InChI is InChI=1S/C22H24N2O4/c1-4-28-21-14-20(15-6-5-7-17(12-15)27-3)24-19-9-8-16(13-18(19)21)22(25)23-10-11-26-2/h5-9,12-14H,4,10-11H2,1-3H3,(H,23,25). The van der Waals surface area contributed by atoms with Crippen LogP contribution in [0.1, 0.15) is 17.3 Å². The van der Waals surface area contributed by atoms with E-state index < -0.39 is 0 Å². The van der Waals surface area contributed by atoms with Gasteiger partial charge in [0.1, 0.15) is 11.5 Å². The number of pyridine rings is 1. The van der Waals surface area contributed by atoms with Crippen LogP contribution in [0.4, 0.5) is 0 Å². The molecule has 0 radical (unpaired) electrons. The summed E-state index contributed by atoms with van der Waals surface area (Å²) < 4.78 is 16.1. The van der Waals surface area contributed by atoms with Crippen molar-refractivity contribution in [2.75, 3.05) is 34.0 Å². The second kappa shape index (κ2) is 9.19. The molecule has 0 bridgehead atoms. The van der Waals surface area contributed by atoms with Crippen LogP contribution in [0.2, 0.25) is 0 Å². The first-order valence-electron chi connectivity index (χ1n) is 9.15. The second-order valence-corrected chi connectivity index (χ2v) is 6.15. The van der Waals surface area contributed by atoms with Gasteiger partial charge in [0.15, 0.2) is 0 Å². The molecule has 3 rings (SSSR count). The molecule has 0 atom stereocenters. The first-order chi connectivity index (χ1) is 13.7. The van der Waals surface area contributed by atoms with E-state index >= 15 is 0 Å². The zero-order chi connectivity index (χ0) is 19.9.